The number of carbonyl (C=O) groups excluding carboxylic acids is 1. The Labute approximate surface area is 135 Å². The van der Waals surface area contributed by atoms with Crippen LogP contribution in [0.4, 0.5) is 4.79 Å². The van der Waals surface area contributed by atoms with Crippen LogP contribution in [-0.2, 0) is 4.74 Å². The molecule has 7 nitrogen and oxygen atoms in total. The van der Waals surface area contributed by atoms with E-state index in [9.17, 15) is 4.79 Å². The van der Waals surface area contributed by atoms with Crippen molar-refractivity contribution in [2.24, 2.45) is 11.3 Å². The van der Waals surface area contributed by atoms with Crippen LogP contribution in [-0.4, -0.2) is 34.9 Å². The van der Waals surface area contributed by atoms with Crippen molar-refractivity contribution in [3.63, 3.8) is 0 Å². The summed E-state index contributed by atoms with van der Waals surface area (Å²) in [6, 6.07) is -0.116. The monoisotopic (exact) mass is 320 g/mol. The molecule has 1 saturated heterocycles. The Morgan fingerprint density at radius 3 is 2.91 bits per heavy atom. The molecule has 4 rings (SSSR count). The topological polar surface area (TPSA) is 89.3 Å². The summed E-state index contributed by atoms with van der Waals surface area (Å²) < 4.78 is 10.9. The van der Waals surface area contributed by atoms with Crippen LogP contribution in [0, 0.1) is 18.3 Å². The summed E-state index contributed by atoms with van der Waals surface area (Å²) >= 11 is 0. The molecule has 2 amide bonds. The average molecular weight is 320 g/mol. The number of hydrogen-bond acceptors (Lipinski definition) is 5. The van der Waals surface area contributed by atoms with Gasteiger partial charge in [0.25, 0.3) is 0 Å². The third-order valence-electron chi connectivity index (χ3n) is 5.89. The van der Waals surface area contributed by atoms with Gasteiger partial charge in [-0.15, -0.1) is 0 Å². The van der Waals surface area contributed by atoms with Crippen LogP contribution in [0.5, 0.6) is 0 Å². The maximum atomic E-state index is 12.5. The first-order valence-corrected chi connectivity index (χ1v) is 8.63. The lowest BCUT2D eigenvalue weighted by Gasteiger charge is -2.63. The van der Waals surface area contributed by atoms with Crippen molar-refractivity contribution < 1.29 is 14.1 Å². The predicted octanol–water partition coefficient (Wildman–Crippen LogP) is 2.09. The number of nitrogens with one attached hydrogen (secondary N) is 2. The van der Waals surface area contributed by atoms with E-state index in [-0.39, 0.29) is 23.5 Å². The average Bonchev–Trinajstić information content (AvgIpc) is 3.08. The van der Waals surface area contributed by atoms with Crippen molar-refractivity contribution in [2.45, 2.75) is 64.1 Å². The lowest BCUT2D eigenvalue weighted by Crippen LogP contribution is -2.72. The zero-order chi connectivity index (χ0) is 16.0. The van der Waals surface area contributed by atoms with Gasteiger partial charge < -0.3 is 19.9 Å². The predicted molar refractivity (Wildman–Crippen MR) is 81.7 cm³/mol. The van der Waals surface area contributed by atoms with Crippen molar-refractivity contribution in [1.82, 2.24) is 20.8 Å². The molecule has 0 radical (unpaired) electrons. The molecule has 0 bridgehead atoms. The van der Waals surface area contributed by atoms with Crippen molar-refractivity contribution in [3.05, 3.63) is 11.7 Å². The van der Waals surface area contributed by atoms with E-state index in [1.165, 1.54) is 19.3 Å². The summed E-state index contributed by atoms with van der Waals surface area (Å²) in [6.07, 6.45) is 5.71. The molecule has 4 unspecified atom stereocenters. The molecular formula is C16H24N4O3. The summed E-state index contributed by atoms with van der Waals surface area (Å²) in [5, 5.41) is 10.1. The van der Waals surface area contributed by atoms with Gasteiger partial charge in [0.2, 0.25) is 5.89 Å². The molecule has 1 spiro atoms. The fourth-order valence-corrected chi connectivity index (χ4v) is 4.60. The van der Waals surface area contributed by atoms with E-state index in [0.717, 1.165) is 19.4 Å². The Hall–Kier alpha value is -1.63. The highest BCUT2D eigenvalue weighted by Crippen LogP contribution is 2.62. The first-order chi connectivity index (χ1) is 11.1. The maximum absolute atomic E-state index is 12.5. The number of aryl methyl sites for hydroxylation is 1. The highest BCUT2D eigenvalue weighted by molar-refractivity contribution is 5.75. The second-order valence-electron chi connectivity index (χ2n) is 7.06. The van der Waals surface area contributed by atoms with Crippen molar-refractivity contribution >= 4 is 6.03 Å². The smallest absolute Gasteiger partial charge is 0.315 e. The molecule has 2 aliphatic carbocycles. The first kappa shape index (κ1) is 14.9. The largest absolute Gasteiger partial charge is 0.377 e. The summed E-state index contributed by atoms with van der Waals surface area (Å²) in [5.41, 5.74) is 0.197. The van der Waals surface area contributed by atoms with Crippen LogP contribution in [0.3, 0.4) is 0 Å². The number of aromatic nitrogens is 2. The number of amides is 2. The van der Waals surface area contributed by atoms with E-state index in [2.05, 4.69) is 20.8 Å². The molecule has 2 N–H and O–H groups in total. The van der Waals surface area contributed by atoms with Gasteiger partial charge in [-0.3, -0.25) is 0 Å². The molecule has 2 heterocycles. The minimum absolute atomic E-state index is 0.138. The summed E-state index contributed by atoms with van der Waals surface area (Å²) in [7, 11) is 0. The molecule has 3 aliphatic rings. The molecule has 126 valence electrons. The molecular weight excluding hydrogens is 296 g/mol. The van der Waals surface area contributed by atoms with E-state index in [4.69, 9.17) is 9.26 Å². The SMILES string of the molecule is CCC(NC(=O)NC1C2CCOC2C12CCC2)c1noc(C)n1. The Morgan fingerprint density at radius 1 is 1.48 bits per heavy atom. The number of ether oxygens (including phenoxy) is 1. The van der Waals surface area contributed by atoms with Gasteiger partial charge in [-0.1, -0.05) is 18.5 Å². The van der Waals surface area contributed by atoms with Crippen molar-refractivity contribution in [2.75, 3.05) is 6.61 Å². The van der Waals surface area contributed by atoms with Gasteiger partial charge >= 0.3 is 6.03 Å². The lowest BCUT2D eigenvalue weighted by molar-refractivity contribution is -0.172. The summed E-state index contributed by atoms with van der Waals surface area (Å²) in [6.45, 7) is 4.57. The van der Waals surface area contributed by atoms with Crippen LogP contribution < -0.4 is 10.6 Å². The number of nitrogens with zero attached hydrogens (tertiary/aromatic N) is 2. The fraction of sp³-hybridized carbons (Fsp3) is 0.812. The zero-order valence-electron chi connectivity index (χ0n) is 13.7. The second kappa shape index (κ2) is 5.47. The van der Waals surface area contributed by atoms with E-state index in [1.807, 2.05) is 6.92 Å². The van der Waals surface area contributed by atoms with Crippen LogP contribution in [0.2, 0.25) is 0 Å². The van der Waals surface area contributed by atoms with Gasteiger partial charge in [0, 0.05) is 30.9 Å². The van der Waals surface area contributed by atoms with E-state index in [0.29, 0.717) is 23.7 Å². The number of rotatable bonds is 4. The molecule has 4 atom stereocenters. The third-order valence-corrected chi connectivity index (χ3v) is 5.89. The number of carbonyl (C=O) groups is 1. The van der Waals surface area contributed by atoms with Crippen LogP contribution >= 0.6 is 0 Å². The molecule has 0 aromatic carbocycles. The second-order valence-corrected chi connectivity index (χ2v) is 7.06. The molecule has 2 saturated carbocycles. The zero-order valence-corrected chi connectivity index (χ0v) is 13.7. The van der Waals surface area contributed by atoms with Gasteiger partial charge in [-0.05, 0) is 25.7 Å². The Kier molecular flexibility index (Phi) is 3.55. The van der Waals surface area contributed by atoms with Crippen LogP contribution in [0.1, 0.15) is 56.8 Å². The van der Waals surface area contributed by atoms with Gasteiger partial charge in [0.15, 0.2) is 5.82 Å². The standard InChI is InChI=1S/C16H24N4O3/c1-3-11(14-17-9(2)23-20-14)18-15(21)19-12-10-5-8-22-13(10)16(12)6-4-7-16/h10-13H,3-8H2,1-2H3,(H2,18,19,21). The number of urea groups is 1. The van der Waals surface area contributed by atoms with Crippen LogP contribution in [0.15, 0.2) is 4.52 Å². The highest BCUT2D eigenvalue weighted by Gasteiger charge is 2.67. The van der Waals surface area contributed by atoms with Gasteiger partial charge in [0.05, 0.1) is 12.1 Å². The summed E-state index contributed by atoms with van der Waals surface area (Å²) in [4.78, 5) is 16.7. The van der Waals surface area contributed by atoms with Gasteiger partial charge in [0.1, 0.15) is 0 Å². The summed E-state index contributed by atoms with van der Waals surface area (Å²) in [5.74, 6) is 1.53. The molecule has 3 fully saturated rings. The van der Waals surface area contributed by atoms with Crippen LogP contribution in [0.25, 0.3) is 0 Å². The molecule has 1 aromatic heterocycles. The molecule has 7 heteroatoms. The highest BCUT2D eigenvalue weighted by atomic mass is 16.5. The molecule has 23 heavy (non-hydrogen) atoms. The number of fused-ring (bicyclic) bond motifs is 2. The minimum atomic E-state index is -0.222. The third kappa shape index (κ3) is 2.24. The minimum Gasteiger partial charge on any atom is -0.377 e. The van der Waals surface area contributed by atoms with Crippen molar-refractivity contribution in [1.29, 1.82) is 0 Å². The van der Waals surface area contributed by atoms with Crippen molar-refractivity contribution in [3.8, 4) is 0 Å². The van der Waals surface area contributed by atoms with E-state index >= 15 is 0 Å². The quantitative estimate of drug-likeness (QED) is 0.886. The fourth-order valence-electron chi connectivity index (χ4n) is 4.60. The number of hydrogen-bond donors (Lipinski definition) is 2. The molecule has 1 aromatic rings. The first-order valence-electron chi connectivity index (χ1n) is 8.63. The maximum Gasteiger partial charge on any atom is 0.315 e. The lowest BCUT2D eigenvalue weighted by atomic mass is 9.46. The Balaban J connectivity index is 1.40. The van der Waals surface area contributed by atoms with Gasteiger partial charge in [-0.2, -0.15) is 4.98 Å². The van der Waals surface area contributed by atoms with E-state index < -0.39 is 0 Å². The Morgan fingerprint density at radius 2 is 2.30 bits per heavy atom. The molecule has 1 aliphatic heterocycles. The normalized spacial score (nSPS) is 31.8. The van der Waals surface area contributed by atoms with Gasteiger partial charge in [-0.25, -0.2) is 4.79 Å². The van der Waals surface area contributed by atoms with E-state index in [1.54, 1.807) is 6.92 Å². The Bertz CT molecular complexity index is 598.